The second-order valence-corrected chi connectivity index (χ2v) is 7.25. The zero-order valence-corrected chi connectivity index (χ0v) is 18.3. The Balaban J connectivity index is 1.79. The molecule has 9 heteroatoms. The van der Waals surface area contributed by atoms with Crippen molar-refractivity contribution in [3.05, 3.63) is 29.8 Å². The summed E-state index contributed by atoms with van der Waals surface area (Å²) >= 11 is 0. The summed E-state index contributed by atoms with van der Waals surface area (Å²) in [5, 5.41) is 6.71. The molecule has 166 valence electrons. The molecule has 0 radical (unpaired) electrons. The molecule has 1 aliphatic heterocycles. The van der Waals surface area contributed by atoms with Gasteiger partial charge in [-0.15, -0.1) is 0 Å². The van der Waals surface area contributed by atoms with Gasteiger partial charge in [-0.2, -0.15) is 0 Å². The molecule has 2 N–H and O–H groups in total. The lowest BCUT2D eigenvalue weighted by molar-refractivity contribution is -0.130. The standard InChI is InChI=1S/C21H33N5O4/c1-5-29-21(28)26-11-9-17(10-12-26)24-20(22-2)23-14-16-7-6-8-18(13-16)30-15-19(27)25(3)4/h6-8,13,17H,5,9-12,14-15H2,1-4H3,(H2,22,23,24). The first-order valence-corrected chi connectivity index (χ1v) is 10.2. The van der Waals surface area contributed by atoms with Gasteiger partial charge in [0.05, 0.1) is 6.61 Å². The van der Waals surface area contributed by atoms with Crippen molar-refractivity contribution in [3.8, 4) is 5.75 Å². The molecule has 9 nitrogen and oxygen atoms in total. The molecule has 0 spiro atoms. The highest BCUT2D eigenvalue weighted by Gasteiger charge is 2.24. The Bertz CT molecular complexity index is 730. The van der Waals surface area contributed by atoms with Crippen molar-refractivity contribution >= 4 is 18.0 Å². The predicted octanol–water partition coefficient (Wildman–Crippen LogP) is 1.44. The van der Waals surface area contributed by atoms with Crippen molar-refractivity contribution in [1.29, 1.82) is 0 Å². The van der Waals surface area contributed by atoms with Gasteiger partial charge in [0.1, 0.15) is 5.75 Å². The SMILES string of the molecule is CCOC(=O)N1CCC(NC(=NC)NCc2cccc(OCC(=O)N(C)C)c2)CC1. The van der Waals surface area contributed by atoms with E-state index in [2.05, 4.69) is 15.6 Å². The maximum atomic E-state index is 11.8. The van der Waals surface area contributed by atoms with E-state index >= 15 is 0 Å². The lowest BCUT2D eigenvalue weighted by Gasteiger charge is -2.32. The second-order valence-electron chi connectivity index (χ2n) is 7.25. The fraction of sp³-hybridized carbons (Fsp3) is 0.571. The number of hydrogen-bond donors (Lipinski definition) is 2. The number of benzene rings is 1. The van der Waals surface area contributed by atoms with E-state index in [9.17, 15) is 9.59 Å². The Kier molecular flexibility index (Phi) is 9.24. The Hall–Kier alpha value is -2.97. The summed E-state index contributed by atoms with van der Waals surface area (Å²) < 4.78 is 10.6. The van der Waals surface area contributed by atoms with E-state index in [0.717, 1.165) is 18.4 Å². The molecule has 0 unspecified atom stereocenters. The van der Waals surface area contributed by atoms with Crippen LogP contribution in [-0.4, -0.2) is 81.2 Å². The normalized spacial score (nSPS) is 14.8. The number of carbonyl (C=O) groups excluding carboxylic acids is 2. The number of hydrogen-bond acceptors (Lipinski definition) is 5. The van der Waals surface area contributed by atoms with Crippen LogP contribution in [0.2, 0.25) is 0 Å². The summed E-state index contributed by atoms with van der Waals surface area (Å²) in [5.74, 6) is 1.27. The second kappa shape index (κ2) is 11.9. The van der Waals surface area contributed by atoms with Gasteiger partial charge in [0.15, 0.2) is 12.6 Å². The first kappa shape index (κ1) is 23.3. The first-order chi connectivity index (χ1) is 14.4. The quantitative estimate of drug-likeness (QED) is 0.513. The minimum atomic E-state index is -0.243. The van der Waals surface area contributed by atoms with Gasteiger partial charge in [-0.25, -0.2) is 4.79 Å². The molecule has 1 fully saturated rings. The van der Waals surface area contributed by atoms with Crippen LogP contribution >= 0.6 is 0 Å². The maximum absolute atomic E-state index is 11.8. The molecule has 0 aliphatic carbocycles. The number of nitrogens with one attached hydrogen (secondary N) is 2. The van der Waals surface area contributed by atoms with Gasteiger partial charge in [0.2, 0.25) is 0 Å². The zero-order valence-electron chi connectivity index (χ0n) is 18.3. The molecule has 30 heavy (non-hydrogen) atoms. The molecule has 0 atom stereocenters. The molecule has 1 aromatic rings. The third-order valence-corrected chi connectivity index (χ3v) is 4.80. The Morgan fingerprint density at radius 3 is 2.63 bits per heavy atom. The van der Waals surface area contributed by atoms with Gasteiger partial charge in [0.25, 0.3) is 5.91 Å². The Morgan fingerprint density at radius 1 is 1.27 bits per heavy atom. The number of likely N-dealkylation sites (tertiary alicyclic amines) is 1. The molecule has 1 aliphatic rings. The zero-order chi connectivity index (χ0) is 21.9. The number of piperidine rings is 1. The van der Waals surface area contributed by atoms with E-state index in [4.69, 9.17) is 9.47 Å². The number of rotatable bonds is 7. The van der Waals surface area contributed by atoms with Gasteiger partial charge in [-0.3, -0.25) is 9.79 Å². The van der Waals surface area contributed by atoms with Crippen molar-refractivity contribution < 1.29 is 19.1 Å². The molecule has 0 aromatic heterocycles. The molecule has 2 amide bonds. The van der Waals surface area contributed by atoms with E-state index in [0.29, 0.717) is 38.0 Å². The highest BCUT2D eigenvalue weighted by molar-refractivity contribution is 5.80. The minimum Gasteiger partial charge on any atom is -0.484 e. The van der Waals surface area contributed by atoms with E-state index in [-0.39, 0.29) is 24.6 Å². The summed E-state index contributed by atoms with van der Waals surface area (Å²) in [6, 6.07) is 7.86. The van der Waals surface area contributed by atoms with E-state index in [1.165, 1.54) is 4.90 Å². The average molecular weight is 420 g/mol. The molecule has 1 heterocycles. The van der Waals surface area contributed by atoms with Gasteiger partial charge in [-0.05, 0) is 37.5 Å². The van der Waals surface area contributed by atoms with Crippen LogP contribution in [0.15, 0.2) is 29.3 Å². The molecule has 0 saturated carbocycles. The molecular formula is C21H33N5O4. The maximum Gasteiger partial charge on any atom is 0.409 e. The summed E-state index contributed by atoms with van der Waals surface area (Å²) in [6.07, 6.45) is 1.43. The predicted molar refractivity (Wildman–Crippen MR) is 116 cm³/mol. The van der Waals surface area contributed by atoms with Crippen molar-refractivity contribution in [2.24, 2.45) is 4.99 Å². The number of carbonyl (C=O) groups is 2. The Morgan fingerprint density at radius 2 is 2.00 bits per heavy atom. The van der Waals surface area contributed by atoms with Crippen LogP contribution in [-0.2, 0) is 16.1 Å². The molecule has 1 aromatic carbocycles. The number of likely N-dealkylation sites (N-methyl/N-ethyl adjacent to an activating group) is 1. The summed E-state index contributed by atoms with van der Waals surface area (Å²) in [7, 11) is 5.13. The topological polar surface area (TPSA) is 95.5 Å². The number of guanidine groups is 1. The van der Waals surface area contributed by atoms with Crippen LogP contribution in [0.25, 0.3) is 0 Å². The van der Waals surface area contributed by atoms with Crippen LogP contribution in [0.1, 0.15) is 25.3 Å². The number of ether oxygens (including phenoxy) is 2. The van der Waals surface area contributed by atoms with Gasteiger partial charge >= 0.3 is 6.09 Å². The number of amides is 2. The highest BCUT2D eigenvalue weighted by atomic mass is 16.6. The minimum absolute atomic E-state index is 0.0115. The lowest BCUT2D eigenvalue weighted by atomic mass is 10.1. The molecular weight excluding hydrogens is 386 g/mol. The van der Waals surface area contributed by atoms with E-state index in [1.54, 1.807) is 26.0 Å². The van der Waals surface area contributed by atoms with Gasteiger partial charge in [-0.1, -0.05) is 12.1 Å². The first-order valence-electron chi connectivity index (χ1n) is 10.2. The van der Waals surface area contributed by atoms with E-state index in [1.807, 2.05) is 31.2 Å². The largest absolute Gasteiger partial charge is 0.484 e. The third-order valence-electron chi connectivity index (χ3n) is 4.80. The van der Waals surface area contributed by atoms with Crippen molar-refractivity contribution in [2.45, 2.75) is 32.4 Å². The molecule has 1 saturated heterocycles. The summed E-state index contributed by atoms with van der Waals surface area (Å²) in [6.45, 7) is 4.12. The third kappa shape index (κ3) is 7.46. The van der Waals surface area contributed by atoms with Crippen LogP contribution in [0.4, 0.5) is 4.79 Å². The highest BCUT2D eigenvalue weighted by Crippen LogP contribution is 2.14. The number of nitrogens with zero attached hydrogens (tertiary/aromatic N) is 3. The van der Waals surface area contributed by atoms with Crippen LogP contribution < -0.4 is 15.4 Å². The van der Waals surface area contributed by atoms with Crippen molar-refractivity contribution in [3.63, 3.8) is 0 Å². The van der Waals surface area contributed by atoms with Gasteiger partial charge < -0.3 is 29.9 Å². The number of aliphatic imine (C=N–C) groups is 1. The summed E-state index contributed by atoms with van der Waals surface area (Å²) in [5.41, 5.74) is 1.02. The Labute approximate surface area is 178 Å². The molecule has 2 rings (SSSR count). The molecule has 0 bridgehead atoms. The monoisotopic (exact) mass is 419 g/mol. The fourth-order valence-corrected chi connectivity index (χ4v) is 3.01. The van der Waals surface area contributed by atoms with Crippen LogP contribution in [0.5, 0.6) is 5.75 Å². The van der Waals surface area contributed by atoms with Crippen LogP contribution in [0, 0.1) is 0 Å². The fourth-order valence-electron chi connectivity index (χ4n) is 3.01. The summed E-state index contributed by atoms with van der Waals surface area (Å²) in [4.78, 5) is 31.0. The average Bonchev–Trinajstić information content (AvgIpc) is 2.75. The lowest BCUT2D eigenvalue weighted by Crippen LogP contribution is -2.49. The smallest absolute Gasteiger partial charge is 0.409 e. The van der Waals surface area contributed by atoms with Crippen molar-refractivity contribution in [2.75, 3.05) is 47.4 Å². The van der Waals surface area contributed by atoms with Gasteiger partial charge in [0, 0.05) is 46.8 Å². The van der Waals surface area contributed by atoms with Crippen molar-refractivity contribution in [1.82, 2.24) is 20.4 Å². The van der Waals surface area contributed by atoms with E-state index < -0.39 is 0 Å². The van der Waals surface area contributed by atoms with Crippen LogP contribution in [0.3, 0.4) is 0 Å².